The number of fused-ring (bicyclic) bond motifs is 9. The van der Waals surface area contributed by atoms with Crippen molar-refractivity contribution in [3.8, 4) is 66.8 Å². The van der Waals surface area contributed by atoms with Gasteiger partial charge in [0.1, 0.15) is 0 Å². The zero-order chi connectivity index (χ0) is 45.4. The molecule has 1 saturated carbocycles. The summed E-state index contributed by atoms with van der Waals surface area (Å²) in [6.07, 6.45) is 6.25. The number of nitrogens with zero attached hydrogens (tertiary/aromatic N) is 1. The lowest BCUT2D eigenvalue weighted by Gasteiger charge is -2.36. The molecule has 1 spiro atoms. The lowest BCUT2D eigenvalue weighted by atomic mass is 9.68. The van der Waals surface area contributed by atoms with Crippen LogP contribution >= 0.6 is 0 Å². The average Bonchev–Trinajstić information content (AvgIpc) is 3.80. The van der Waals surface area contributed by atoms with Gasteiger partial charge in [-0.15, -0.1) is 0 Å². The summed E-state index contributed by atoms with van der Waals surface area (Å²) in [7, 11) is 0. The fourth-order valence-electron chi connectivity index (χ4n) is 12.8. The molecule has 3 aliphatic rings. The van der Waals surface area contributed by atoms with Gasteiger partial charge >= 0.3 is 0 Å². The van der Waals surface area contributed by atoms with E-state index < -0.39 is 0 Å². The molecule has 3 aliphatic carbocycles. The minimum Gasteiger partial charge on any atom is -0.310 e. The molecule has 10 aromatic rings. The smallest absolute Gasteiger partial charge is 0.0465 e. The second-order valence-electron chi connectivity index (χ2n) is 19.9. The summed E-state index contributed by atoms with van der Waals surface area (Å²) >= 11 is 0. The van der Waals surface area contributed by atoms with Crippen LogP contribution < -0.4 is 4.90 Å². The zero-order valence-electron chi connectivity index (χ0n) is 38.8. The number of hydrogen-bond donors (Lipinski definition) is 0. The lowest BCUT2D eigenvalue weighted by Crippen LogP contribution is -2.28. The molecule has 0 aromatic heterocycles. The van der Waals surface area contributed by atoms with Crippen LogP contribution in [0.25, 0.3) is 77.5 Å². The van der Waals surface area contributed by atoms with E-state index >= 15 is 0 Å². The van der Waals surface area contributed by atoms with E-state index in [1.54, 1.807) is 0 Å². The molecule has 13 rings (SSSR count). The molecular formula is C67H53N. The normalized spacial score (nSPS) is 14.9. The second kappa shape index (κ2) is 16.0. The summed E-state index contributed by atoms with van der Waals surface area (Å²) in [6.45, 7) is 4.77. The predicted octanol–water partition coefficient (Wildman–Crippen LogP) is 18.5. The number of anilines is 3. The summed E-state index contributed by atoms with van der Waals surface area (Å²) in [5.74, 6) is 0. The van der Waals surface area contributed by atoms with Crippen molar-refractivity contribution in [3.63, 3.8) is 0 Å². The minimum absolute atomic E-state index is 0.0572. The van der Waals surface area contributed by atoms with Gasteiger partial charge in [-0.25, -0.2) is 0 Å². The third-order valence-electron chi connectivity index (χ3n) is 15.9. The van der Waals surface area contributed by atoms with E-state index in [0.29, 0.717) is 0 Å². The van der Waals surface area contributed by atoms with Gasteiger partial charge in [0, 0.05) is 27.9 Å². The van der Waals surface area contributed by atoms with Crippen molar-refractivity contribution < 1.29 is 0 Å². The Labute approximate surface area is 401 Å². The third kappa shape index (κ3) is 6.29. The second-order valence-corrected chi connectivity index (χ2v) is 19.9. The molecule has 0 amide bonds. The molecule has 0 bridgehead atoms. The van der Waals surface area contributed by atoms with Gasteiger partial charge in [-0.05, 0) is 149 Å². The first-order valence-electron chi connectivity index (χ1n) is 24.6. The monoisotopic (exact) mass is 871 g/mol. The van der Waals surface area contributed by atoms with Gasteiger partial charge in [-0.2, -0.15) is 0 Å². The number of benzene rings is 10. The quantitative estimate of drug-likeness (QED) is 0.154. The number of hydrogen-bond acceptors (Lipinski definition) is 1. The Morgan fingerprint density at radius 2 is 0.779 bits per heavy atom. The van der Waals surface area contributed by atoms with Gasteiger partial charge in [-0.3, -0.25) is 0 Å². The maximum atomic E-state index is 2.55. The Kier molecular flexibility index (Phi) is 9.51. The predicted molar refractivity (Wildman–Crippen MR) is 287 cm³/mol. The number of rotatable bonds is 7. The van der Waals surface area contributed by atoms with E-state index in [2.05, 4.69) is 243 Å². The van der Waals surface area contributed by atoms with Crippen molar-refractivity contribution in [2.24, 2.45) is 0 Å². The van der Waals surface area contributed by atoms with Crippen LogP contribution in [0.15, 0.2) is 224 Å². The first-order chi connectivity index (χ1) is 33.5. The largest absolute Gasteiger partial charge is 0.310 e. The van der Waals surface area contributed by atoms with Gasteiger partial charge in [-0.1, -0.05) is 221 Å². The topological polar surface area (TPSA) is 3.24 Å². The van der Waals surface area contributed by atoms with E-state index in [4.69, 9.17) is 0 Å². The van der Waals surface area contributed by atoms with Crippen LogP contribution in [-0.4, -0.2) is 0 Å². The minimum atomic E-state index is -0.110. The molecular weight excluding hydrogens is 819 g/mol. The Balaban J connectivity index is 0.935. The van der Waals surface area contributed by atoms with Crippen LogP contribution in [0, 0.1) is 0 Å². The van der Waals surface area contributed by atoms with E-state index in [0.717, 1.165) is 11.4 Å². The van der Waals surface area contributed by atoms with E-state index in [1.807, 2.05) is 0 Å². The van der Waals surface area contributed by atoms with Crippen LogP contribution in [0.5, 0.6) is 0 Å². The Morgan fingerprint density at radius 3 is 1.44 bits per heavy atom. The fourth-order valence-corrected chi connectivity index (χ4v) is 12.8. The summed E-state index contributed by atoms with van der Waals surface area (Å²) in [6, 6.07) is 84.2. The summed E-state index contributed by atoms with van der Waals surface area (Å²) < 4.78 is 0. The average molecular weight is 872 g/mol. The Morgan fingerprint density at radius 1 is 0.324 bits per heavy atom. The third-order valence-corrected chi connectivity index (χ3v) is 15.9. The van der Waals surface area contributed by atoms with Crippen LogP contribution in [-0.2, 0) is 10.8 Å². The van der Waals surface area contributed by atoms with Crippen molar-refractivity contribution >= 4 is 27.8 Å². The summed E-state index contributed by atoms with van der Waals surface area (Å²) in [5.41, 5.74) is 24.7. The van der Waals surface area contributed by atoms with Crippen molar-refractivity contribution in [2.75, 3.05) is 4.90 Å². The summed E-state index contributed by atoms with van der Waals surface area (Å²) in [4.78, 5) is 2.49. The van der Waals surface area contributed by atoms with Gasteiger partial charge in [0.25, 0.3) is 0 Å². The molecule has 68 heavy (non-hydrogen) atoms. The highest BCUT2D eigenvalue weighted by molar-refractivity contribution is 6.06. The SMILES string of the molecule is CC1(C)c2ccccc2-c2cccc(-c3ccccc3-c3ccc(N(c4ccc(-c5cccc6cccc(-c7ccccc7)c56)cc4)c4ccc5c(c4)C4(CCCCC4)c4ccccc4-5)cc3)c21. The highest BCUT2D eigenvalue weighted by atomic mass is 15.1. The van der Waals surface area contributed by atoms with Gasteiger partial charge in [0.05, 0.1) is 0 Å². The molecule has 0 unspecified atom stereocenters. The lowest BCUT2D eigenvalue weighted by molar-refractivity contribution is 0.353. The molecule has 0 N–H and O–H groups in total. The van der Waals surface area contributed by atoms with Crippen molar-refractivity contribution in [2.45, 2.75) is 56.8 Å². The Hall–Kier alpha value is -7.74. The van der Waals surface area contributed by atoms with Crippen LogP contribution in [0.4, 0.5) is 17.1 Å². The van der Waals surface area contributed by atoms with Crippen LogP contribution in [0.1, 0.15) is 68.2 Å². The van der Waals surface area contributed by atoms with Crippen LogP contribution in [0.2, 0.25) is 0 Å². The molecule has 1 nitrogen and oxygen atoms in total. The highest BCUT2D eigenvalue weighted by Crippen LogP contribution is 2.57. The highest BCUT2D eigenvalue weighted by Gasteiger charge is 2.44. The van der Waals surface area contributed by atoms with Gasteiger partial charge < -0.3 is 4.90 Å². The molecule has 0 atom stereocenters. The first-order valence-corrected chi connectivity index (χ1v) is 24.6. The molecule has 1 fully saturated rings. The van der Waals surface area contributed by atoms with E-state index in [-0.39, 0.29) is 10.8 Å². The van der Waals surface area contributed by atoms with E-state index in [1.165, 1.54) is 138 Å². The van der Waals surface area contributed by atoms with E-state index in [9.17, 15) is 0 Å². The molecule has 0 saturated heterocycles. The van der Waals surface area contributed by atoms with Gasteiger partial charge in [0.2, 0.25) is 0 Å². The molecule has 0 radical (unpaired) electrons. The molecule has 10 aromatic carbocycles. The molecule has 1 heteroatoms. The van der Waals surface area contributed by atoms with Crippen molar-refractivity contribution in [3.05, 3.63) is 247 Å². The van der Waals surface area contributed by atoms with Crippen molar-refractivity contribution in [1.29, 1.82) is 0 Å². The first kappa shape index (κ1) is 40.5. The molecule has 0 aliphatic heterocycles. The Bertz CT molecular complexity index is 3550. The maximum absolute atomic E-state index is 2.55. The van der Waals surface area contributed by atoms with Crippen LogP contribution in [0.3, 0.4) is 0 Å². The molecule has 0 heterocycles. The molecule has 326 valence electrons. The zero-order valence-corrected chi connectivity index (χ0v) is 38.8. The summed E-state index contributed by atoms with van der Waals surface area (Å²) in [5, 5.41) is 2.53. The maximum Gasteiger partial charge on any atom is 0.0465 e. The van der Waals surface area contributed by atoms with Crippen molar-refractivity contribution in [1.82, 2.24) is 0 Å². The fraction of sp³-hybridized carbons (Fsp3) is 0.134. The van der Waals surface area contributed by atoms with Gasteiger partial charge in [0.15, 0.2) is 0 Å². The standard InChI is InChI=1S/C67H53N/c1-66(2)61-30-11-9-25-57(61)60-29-17-28-59(65(60)66)55-23-8-7-22-52(55)46-32-36-49(37-33-46)68(51-40-41-58-56-24-10-12-31-62(56)67(63(58)44-51)42-13-4-14-43-67)50-38-34-47(35-39-50)54-27-16-21-48-20-15-26-53(64(48)54)45-18-5-3-6-19-45/h3,5-12,15-41,44H,4,13-14,42-43H2,1-2H3.